The van der Waals surface area contributed by atoms with Gasteiger partial charge < -0.3 is 0 Å². The first-order valence-electron chi connectivity index (χ1n) is 7.40. The summed E-state index contributed by atoms with van der Waals surface area (Å²) < 4.78 is 0. The quantitative estimate of drug-likeness (QED) is 0.683. The van der Waals surface area contributed by atoms with E-state index in [0.717, 1.165) is 6.42 Å². The molecule has 0 saturated heterocycles. The molecule has 0 bridgehead atoms. The van der Waals surface area contributed by atoms with Gasteiger partial charge in [-0.1, -0.05) is 79.3 Å². The summed E-state index contributed by atoms with van der Waals surface area (Å²) in [7, 11) is 0. The third-order valence-electron chi connectivity index (χ3n) is 4.77. The van der Waals surface area contributed by atoms with Crippen LogP contribution in [0.15, 0.2) is 72.3 Å². The van der Waals surface area contributed by atoms with Crippen molar-refractivity contribution < 1.29 is 0 Å². The fourth-order valence-electron chi connectivity index (χ4n) is 3.75. The van der Waals surface area contributed by atoms with Gasteiger partial charge in [0.05, 0.1) is 0 Å². The maximum absolute atomic E-state index is 2.38. The molecule has 0 aromatic heterocycles. The van der Waals surface area contributed by atoms with Gasteiger partial charge >= 0.3 is 0 Å². The molecule has 0 aliphatic heterocycles. The molecule has 0 nitrogen and oxygen atoms in total. The van der Waals surface area contributed by atoms with Crippen molar-refractivity contribution in [1.29, 1.82) is 0 Å². The minimum absolute atomic E-state index is 0.508. The average molecular weight is 258 g/mol. The fourth-order valence-corrected chi connectivity index (χ4v) is 3.75. The Morgan fingerprint density at radius 3 is 2.05 bits per heavy atom. The minimum Gasteiger partial charge on any atom is -0.0805 e. The van der Waals surface area contributed by atoms with E-state index in [1.165, 1.54) is 22.3 Å². The molecule has 0 spiro atoms. The summed E-state index contributed by atoms with van der Waals surface area (Å²) in [6.07, 6.45) is 7.87. The van der Waals surface area contributed by atoms with E-state index < -0.39 is 0 Å². The Balaban J connectivity index is 1.87. The molecule has 2 aromatic carbocycles. The van der Waals surface area contributed by atoms with Crippen LogP contribution in [0.4, 0.5) is 0 Å². The van der Waals surface area contributed by atoms with Gasteiger partial charge in [0.25, 0.3) is 0 Å². The van der Waals surface area contributed by atoms with Crippen LogP contribution >= 0.6 is 0 Å². The third-order valence-corrected chi connectivity index (χ3v) is 4.77. The van der Waals surface area contributed by atoms with Gasteiger partial charge in [0.15, 0.2) is 0 Å². The van der Waals surface area contributed by atoms with Crippen LogP contribution in [0.1, 0.15) is 30.4 Å². The van der Waals surface area contributed by atoms with Crippen molar-refractivity contribution in [3.63, 3.8) is 0 Å². The SMILES string of the molecule is CC(C1=CC=CC1)C1c2ccccc2-c2ccccc21. The average Bonchev–Trinajstić information content (AvgIpc) is 3.13. The lowest BCUT2D eigenvalue weighted by Gasteiger charge is -2.23. The van der Waals surface area contributed by atoms with Gasteiger partial charge in [-0.25, -0.2) is 0 Å². The predicted molar refractivity (Wildman–Crippen MR) is 84.7 cm³/mol. The minimum atomic E-state index is 0.508. The molecule has 4 rings (SSSR count). The zero-order valence-electron chi connectivity index (χ0n) is 11.7. The maximum atomic E-state index is 2.38. The van der Waals surface area contributed by atoms with Crippen LogP contribution in [0, 0.1) is 5.92 Å². The number of hydrogen-bond acceptors (Lipinski definition) is 0. The third kappa shape index (κ3) is 1.61. The first kappa shape index (κ1) is 11.7. The van der Waals surface area contributed by atoms with Gasteiger partial charge in [-0.05, 0) is 34.6 Å². The number of benzene rings is 2. The van der Waals surface area contributed by atoms with E-state index in [9.17, 15) is 0 Å². The van der Waals surface area contributed by atoms with Gasteiger partial charge in [-0.3, -0.25) is 0 Å². The summed E-state index contributed by atoms with van der Waals surface area (Å²) in [4.78, 5) is 0. The molecule has 20 heavy (non-hydrogen) atoms. The summed E-state index contributed by atoms with van der Waals surface area (Å²) in [6, 6.07) is 17.8. The second-order valence-electron chi connectivity index (χ2n) is 5.81. The Kier molecular flexibility index (Phi) is 2.63. The number of rotatable bonds is 2. The van der Waals surface area contributed by atoms with Crippen molar-refractivity contribution >= 4 is 0 Å². The number of hydrogen-bond donors (Lipinski definition) is 0. The second kappa shape index (κ2) is 4.49. The largest absolute Gasteiger partial charge is 0.0805 e. The van der Waals surface area contributed by atoms with Gasteiger partial charge in [0.1, 0.15) is 0 Å². The van der Waals surface area contributed by atoms with Gasteiger partial charge in [-0.2, -0.15) is 0 Å². The summed E-state index contributed by atoms with van der Waals surface area (Å²) in [5, 5.41) is 0. The summed E-state index contributed by atoms with van der Waals surface area (Å²) in [6.45, 7) is 2.38. The van der Waals surface area contributed by atoms with Crippen LogP contribution in [-0.4, -0.2) is 0 Å². The molecule has 0 N–H and O–H groups in total. The second-order valence-corrected chi connectivity index (χ2v) is 5.81. The topological polar surface area (TPSA) is 0 Å². The van der Waals surface area contributed by atoms with Crippen molar-refractivity contribution in [1.82, 2.24) is 0 Å². The molecular weight excluding hydrogens is 240 g/mol. The first-order chi connectivity index (χ1) is 9.86. The van der Waals surface area contributed by atoms with Crippen molar-refractivity contribution in [3.05, 3.63) is 83.5 Å². The normalized spacial score (nSPS) is 17.8. The van der Waals surface area contributed by atoms with E-state index in [0.29, 0.717) is 11.8 Å². The molecule has 0 saturated carbocycles. The molecule has 0 radical (unpaired) electrons. The molecule has 2 aliphatic rings. The van der Waals surface area contributed by atoms with Gasteiger partial charge in [0.2, 0.25) is 0 Å². The molecular formula is C20H18. The van der Waals surface area contributed by atoms with Gasteiger partial charge in [0, 0.05) is 5.92 Å². The lowest BCUT2D eigenvalue weighted by atomic mass is 9.80. The smallest absolute Gasteiger partial charge is 0.0165 e. The van der Waals surface area contributed by atoms with Crippen LogP contribution in [0.2, 0.25) is 0 Å². The first-order valence-corrected chi connectivity index (χ1v) is 7.40. The molecule has 98 valence electrons. The highest BCUT2D eigenvalue weighted by atomic mass is 14.4. The molecule has 2 aromatic rings. The highest BCUT2D eigenvalue weighted by Crippen LogP contribution is 2.50. The van der Waals surface area contributed by atoms with Crippen molar-refractivity contribution in [2.24, 2.45) is 5.92 Å². The lowest BCUT2D eigenvalue weighted by molar-refractivity contribution is 0.593. The van der Waals surface area contributed by atoms with E-state index >= 15 is 0 Å². The molecule has 0 fully saturated rings. The molecule has 0 amide bonds. The molecule has 1 atom stereocenters. The highest BCUT2D eigenvalue weighted by Gasteiger charge is 2.33. The summed E-state index contributed by atoms with van der Waals surface area (Å²) in [5.41, 5.74) is 7.39. The summed E-state index contributed by atoms with van der Waals surface area (Å²) >= 11 is 0. The van der Waals surface area contributed by atoms with Crippen molar-refractivity contribution in [2.75, 3.05) is 0 Å². The van der Waals surface area contributed by atoms with E-state index in [-0.39, 0.29) is 0 Å². The zero-order valence-corrected chi connectivity index (χ0v) is 11.7. The van der Waals surface area contributed by atoms with Crippen LogP contribution in [-0.2, 0) is 0 Å². The van der Waals surface area contributed by atoms with Crippen molar-refractivity contribution in [3.8, 4) is 11.1 Å². The van der Waals surface area contributed by atoms with E-state index in [1.54, 1.807) is 5.57 Å². The van der Waals surface area contributed by atoms with Gasteiger partial charge in [-0.15, -0.1) is 0 Å². The van der Waals surface area contributed by atoms with E-state index in [1.807, 2.05) is 0 Å². The van der Waals surface area contributed by atoms with E-state index in [4.69, 9.17) is 0 Å². The standard InChI is InChI=1S/C20H18/c1-14(15-8-2-3-9-15)20-18-12-6-4-10-16(18)17-11-5-7-13-19(17)20/h2-8,10-14,20H,9H2,1H3. The number of fused-ring (bicyclic) bond motifs is 3. The molecule has 0 heterocycles. The van der Waals surface area contributed by atoms with Crippen LogP contribution in [0.25, 0.3) is 11.1 Å². The fraction of sp³-hybridized carbons (Fsp3) is 0.200. The predicted octanol–water partition coefficient (Wildman–Crippen LogP) is 5.32. The van der Waals surface area contributed by atoms with Crippen LogP contribution in [0.3, 0.4) is 0 Å². The Morgan fingerprint density at radius 1 is 0.900 bits per heavy atom. The zero-order chi connectivity index (χ0) is 13.5. The monoisotopic (exact) mass is 258 g/mol. The Hall–Kier alpha value is -2.08. The van der Waals surface area contributed by atoms with Crippen LogP contribution in [0.5, 0.6) is 0 Å². The summed E-state index contributed by atoms with van der Waals surface area (Å²) in [5.74, 6) is 1.07. The highest BCUT2D eigenvalue weighted by molar-refractivity contribution is 5.79. The Labute approximate surface area is 120 Å². The van der Waals surface area contributed by atoms with Crippen LogP contribution < -0.4 is 0 Å². The molecule has 0 heteroatoms. The lowest BCUT2D eigenvalue weighted by Crippen LogP contribution is -2.10. The maximum Gasteiger partial charge on any atom is 0.0165 e. The van der Waals surface area contributed by atoms with E-state index in [2.05, 4.69) is 73.7 Å². The molecule has 1 unspecified atom stereocenters. The Bertz CT molecular complexity index is 673. The Morgan fingerprint density at radius 2 is 1.50 bits per heavy atom. The molecule has 2 aliphatic carbocycles. The van der Waals surface area contributed by atoms with Crippen molar-refractivity contribution in [2.45, 2.75) is 19.3 Å². The number of allylic oxidation sites excluding steroid dienone is 4.